The van der Waals surface area contributed by atoms with Crippen LogP contribution in [0.4, 0.5) is 5.69 Å². The number of hydrogen-bond donors (Lipinski definition) is 0. The molecule has 7 nitrogen and oxygen atoms in total. The zero-order chi connectivity index (χ0) is 16.7. The van der Waals surface area contributed by atoms with E-state index in [1.807, 2.05) is 0 Å². The molecule has 0 unspecified atom stereocenters. The molecule has 0 heterocycles. The summed E-state index contributed by atoms with van der Waals surface area (Å²) in [6, 6.07) is 15.5. The minimum Gasteiger partial charge on any atom is -0.258 e. The maximum Gasteiger partial charge on any atom is 0.304 e. The van der Waals surface area contributed by atoms with Crippen LogP contribution in [-0.2, 0) is 0 Å². The van der Waals surface area contributed by atoms with Gasteiger partial charge in [-0.2, -0.15) is 15.3 Å². The molecule has 116 valence electrons. The summed E-state index contributed by atoms with van der Waals surface area (Å²) < 4.78 is 0. The highest BCUT2D eigenvalue weighted by molar-refractivity contribution is 5.89. The van der Waals surface area contributed by atoms with Crippen molar-refractivity contribution in [2.75, 3.05) is 14.1 Å². The van der Waals surface area contributed by atoms with Crippen molar-refractivity contribution in [1.82, 2.24) is 0 Å². The predicted molar refractivity (Wildman–Crippen MR) is 87.9 cm³/mol. The molecule has 0 saturated carbocycles. The normalized spacial score (nSPS) is 12.6. The second kappa shape index (κ2) is 7.69. The molecule has 0 saturated heterocycles. The Hall–Kier alpha value is -3.22. The first kappa shape index (κ1) is 16.2. The molecule has 0 N–H and O–H groups in total. The van der Waals surface area contributed by atoms with Crippen molar-refractivity contribution in [2.24, 2.45) is 20.5 Å². The molecule has 2 aromatic rings. The summed E-state index contributed by atoms with van der Waals surface area (Å²) in [5.41, 5.74) is 1.46. The lowest BCUT2D eigenvalue weighted by Gasteiger charge is -2.07. The van der Waals surface area contributed by atoms with E-state index >= 15 is 0 Å². The third-order valence-corrected chi connectivity index (χ3v) is 3.02. The van der Waals surface area contributed by atoms with Crippen LogP contribution >= 0.6 is 0 Å². The highest BCUT2D eigenvalue weighted by atomic mass is 16.6. The predicted octanol–water partition coefficient (Wildman–Crippen LogP) is 4.58. The van der Waals surface area contributed by atoms with Crippen LogP contribution in [0.15, 0.2) is 75.1 Å². The van der Waals surface area contributed by atoms with E-state index < -0.39 is 4.92 Å². The molecule has 0 radical (unpaired) electrons. The van der Waals surface area contributed by atoms with Crippen LogP contribution in [0.1, 0.15) is 11.1 Å². The van der Waals surface area contributed by atoms with Gasteiger partial charge in [0.2, 0.25) is 0 Å². The van der Waals surface area contributed by atoms with Crippen molar-refractivity contribution >= 4 is 17.1 Å². The Morgan fingerprint density at radius 3 is 2.22 bits per heavy atom. The highest BCUT2D eigenvalue weighted by Gasteiger charge is 2.24. The first-order chi connectivity index (χ1) is 11.2. The first-order valence-corrected chi connectivity index (χ1v) is 6.82. The highest BCUT2D eigenvalue weighted by Crippen LogP contribution is 2.34. The zero-order valence-electron chi connectivity index (χ0n) is 12.7. The maximum absolute atomic E-state index is 11.7. The fourth-order valence-electron chi connectivity index (χ4n) is 2.12. The van der Waals surface area contributed by atoms with E-state index in [1.165, 1.54) is 14.1 Å². The lowest BCUT2D eigenvalue weighted by molar-refractivity contribution is -0.374. The Labute approximate surface area is 133 Å². The Kier molecular flexibility index (Phi) is 5.40. The molecule has 0 atom stereocenters. The van der Waals surface area contributed by atoms with E-state index in [0.29, 0.717) is 16.8 Å². The second-order valence-electron chi connectivity index (χ2n) is 4.44. The number of benzene rings is 2. The van der Waals surface area contributed by atoms with Crippen LogP contribution < -0.4 is 0 Å². The molecule has 2 aromatic carbocycles. The third kappa shape index (κ3) is 3.70. The van der Waals surface area contributed by atoms with Crippen molar-refractivity contribution in [1.29, 1.82) is 0 Å². The standard InChI is InChI=1S/C16H15N5O2/c1-17-19-14-11-7-6-10-13(14)15(20-18-2)16(21(22)23)12-8-4-3-5-9-12/h3-11H,1-2H3. The van der Waals surface area contributed by atoms with Crippen LogP contribution in [-0.4, -0.2) is 19.0 Å². The van der Waals surface area contributed by atoms with E-state index in [9.17, 15) is 10.1 Å². The Morgan fingerprint density at radius 2 is 1.61 bits per heavy atom. The summed E-state index contributed by atoms with van der Waals surface area (Å²) in [6.45, 7) is 0. The quantitative estimate of drug-likeness (QED) is 0.350. The van der Waals surface area contributed by atoms with Crippen LogP contribution in [0.5, 0.6) is 0 Å². The van der Waals surface area contributed by atoms with Crippen LogP contribution in [0.2, 0.25) is 0 Å². The Morgan fingerprint density at radius 1 is 0.957 bits per heavy atom. The smallest absolute Gasteiger partial charge is 0.258 e. The van der Waals surface area contributed by atoms with Gasteiger partial charge in [0.15, 0.2) is 5.70 Å². The summed E-state index contributed by atoms with van der Waals surface area (Å²) in [6.07, 6.45) is 0. The third-order valence-electron chi connectivity index (χ3n) is 3.02. The van der Waals surface area contributed by atoms with Gasteiger partial charge in [-0.05, 0) is 18.2 Å². The molecule has 0 bridgehead atoms. The lowest BCUT2D eigenvalue weighted by atomic mass is 10.0. The SMILES string of the molecule is CN=NC(=C(c1ccccc1)[N+](=O)[O-])c1ccccc1N=NC. The van der Waals surface area contributed by atoms with Gasteiger partial charge in [0.05, 0.1) is 16.2 Å². The van der Waals surface area contributed by atoms with Gasteiger partial charge in [0.25, 0.3) is 0 Å². The number of nitro groups is 1. The van der Waals surface area contributed by atoms with E-state index in [2.05, 4.69) is 20.5 Å². The largest absolute Gasteiger partial charge is 0.304 e. The van der Waals surface area contributed by atoms with Crippen LogP contribution in [0.25, 0.3) is 11.4 Å². The molecule has 0 fully saturated rings. The summed E-state index contributed by atoms with van der Waals surface area (Å²) >= 11 is 0. The van der Waals surface area contributed by atoms with Crippen LogP contribution in [0, 0.1) is 10.1 Å². The molecule has 0 aromatic heterocycles. The minimum absolute atomic E-state index is 0.130. The summed E-state index contributed by atoms with van der Waals surface area (Å²) in [5, 5.41) is 27.1. The maximum atomic E-state index is 11.7. The van der Waals surface area contributed by atoms with E-state index in [4.69, 9.17) is 0 Å². The molecule has 0 spiro atoms. The molecule has 2 rings (SSSR count). The van der Waals surface area contributed by atoms with Gasteiger partial charge in [-0.25, -0.2) is 0 Å². The summed E-state index contributed by atoms with van der Waals surface area (Å²) in [5.74, 6) is 0. The summed E-state index contributed by atoms with van der Waals surface area (Å²) in [4.78, 5) is 11.2. The topological polar surface area (TPSA) is 92.6 Å². The van der Waals surface area contributed by atoms with E-state index in [1.54, 1.807) is 54.6 Å². The van der Waals surface area contributed by atoms with E-state index in [0.717, 1.165) is 0 Å². The molecule has 0 aliphatic heterocycles. The van der Waals surface area contributed by atoms with Crippen LogP contribution in [0.3, 0.4) is 0 Å². The fourth-order valence-corrected chi connectivity index (χ4v) is 2.12. The van der Waals surface area contributed by atoms with Gasteiger partial charge in [-0.1, -0.05) is 36.4 Å². The van der Waals surface area contributed by atoms with Gasteiger partial charge >= 0.3 is 5.70 Å². The number of hydrogen-bond acceptors (Lipinski definition) is 6. The average Bonchev–Trinajstić information content (AvgIpc) is 2.56. The van der Waals surface area contributed by atoms with Gasteiger partial charge < -0.3 is 0 Å². The Balaban J connectivity index is 2.80. The van der Waals surface area contributed by atoms with Gasteiger partial charge in [0.1, 0.15) is 0 Å². The van der Waals surface area contributed by atoms with Crippen molar-refractivity contribution < 1.29 is 4.92 Å². The lowest BCUT2D eigenvalue weighted by Crippen LogP contribution is -2.01. The molecule has 23 heavy (non-hydrogen) atoms. The number of nitrogens with zero attached hydrogens (tertiary/aromatic N) is 5. The van der Waals surface area contributed by atoms with Gasteiger partial charge in [0, 0.05) is 19.7 Å². The van der Waals surface area contributed by atoms with E-state index in [-0.39, 0.29) is 11.4 Å². The van der Waals surface area contributed by atoms with Crippen molar-refractivity contribution in [3.8, 4) is 0 Å². The van der Waals surface area contributed by atoms with Crippen molar-refractivity contribution in [2.45, 2.75) is 0 Å². The molecular weight excluding hydrogens is 294 g/mol. The van der Waals surface area contributed by atoms with Crippen molar-refractivity contribution in [3.05, 3.63) is 75.8 Å². The van der Waals surface area contributed by atoms with Gasteiger partial charge in [-0.15, -0.1) is 5.11 Å². The monoisotopic (exact) mass is 309 g/mol. The number of rotatable bonds is 5. The van der Waals surface area contributed by atoms with Gasteiger partial charge in [-0.3, -0.25) is 10.1 Å². The van der Waals surface area contributed by atoms with Crippen molar-refractivity contribution in [3.63, 3.8) is 0 Å². The average molecular weight is 309 g/mol. The molecule has 0 aliphatic carbocycles. The molecule has 0 amide bonds. The first-order valence-electron chi connectivity index (χ1n) is 6.82. The molecule has 0 aliphatic rings. The molecule has 7 heteroatoms. The fraction of sp³-hybridized carbons (Fsp3) is 0.125. The second-order valence-corrected chi connectivity index (χ2v) is 4.44. The molecular formula is C16H15N5O2. The summed E-state index contributed by atoms with van der Waals surface area (Å²) in [7, 11) is 3.00. The number of azo groups is 2. The Bertz CT molecular complexity index is 782. The minimum atomic E-state index is -0.459. The zero-order valence-corrected chi connectivity index (χ0v) is 12.7.